The van der Waals surface area contributed by atoms with Crippen LogP contribution < -0.4 is 4.89 Å². The summed E-state index contributed by atoms with van der Waals surface area (Å²) < 4.78 is 34.3. The zero-order valence-corrected chi connectivity index (χ0v) is 62.3. The molecule has 0 amide bonds. The van der Waals surface area contributed by atoms with Crippen LogP contribution in [0.2, 0.25) is 0 Å². The van der Waals surface area contributed by atoms with E-state index in [1.54, 1.807) is 0 Å². The number of rotatable bonds is 70. The van der Waals surface area contributed by atoms with Crippen LogP contribution in [0.5, 0.6) is 0 Å². The van der Waals surface area contributed by atoms with Crippen molar-refractivity contribution in [3.8, 4) is 0 Å². The Morgan fingerprint density at radius 3 is 0.904 bits per heavy atom. The van der Waals surface area contributed by atoms with Gasteiger partial charge in [-0.15, -0.1) is 0 Å². The molecule has 0 saturated carbocycles. The number of allylic oxidation sites excluding steroid dienone is 24. The number of nitrogens with zero attached hydrogens (tertiary/aromatic N) is 1. The summed E-state index contributed by atoms with van der Waals surface area (Å²) in [6.07, 6.45) is 108. The molecule has 0 aliphatic rings. The predicted octanol–water partition coefficient (Wildman–Crippen LogP) is 25.1. The zero-order valence-electron chi connectivity index (χ0n) is 61.4. The van der Waals surface area contributed by atoms with Gasteiger partial charge in [0, 0.05) is 12.8 Å². The SMILES string of the molecule is CC/C=C\C/C=C\C/C=C\C/C=C\C/C=C\C/C=C\C/C=C\C/C=C\C/C=C\C/C=C\C/C=C\C/C=C\CCCCCCC(=O)OC(COC(=O)CCCCCCCCCCCCCCCCCCCCCCCCCCCCCCC)COP(=O)([O-])OCC[N+](C)(C)C. The van der Waals surface area contributed by atoms with E-state index in [2.05, 4.69) is 160 Å². The number of ether oxygens (including phenoxy) is 2. The first-order valence-electron chi connectivity index (χ1n) is 38.5. The lowest BCUT2D eigenvalue weighted by Crippen LogP contribution is -2.37. The molecule has 0 aromatic rings. The highest BCUT2D eigenvalue weighted by molar-refractivity contribution is 7.45. The molecule has 0 fully saturated rings. The molecule has 0 rings (SSSR count). The third-order valence-electron chi connectivity index (χ3n) is 16.4. The van der Waals surface area contributed by atoms with Gasteiger partial charge in [-0.25, -0.2) is 0 Å². The third-order valence-corrected chi connectivity index (χ3v) is 17.3. The lowest BCUT2D eigenvalue weighted by molar-refractivity contribution is -0.870. The standard InChI is InChI=1S/C84H144NO8P/c1-6-8-10-12-14-16-18-20-22-24-26-28-30-32-34-36-37-38-39-40-41-42-43-44-45-46-47-49-51-53-55-57-59-61-63-65-67-69-71-73-75-77-84(87)93-82(81-92-94(88,89)91-79-78-85(3,4)5)80-90-83(86)76-74-72-70-68-66-64-62-60-58-56-54-52-50-48-35-33-31-29-27-25-23-21-19-17-15-13-11-9-7-2/h8,10,14,16,20,22,26,28,32,34,37-38,40-41,43-44,46-47,51,53,57,59,63,65,82H,6-7,9,11-13,15,17-19,21,23-25,27,29-31,33,35-36,39,42,45,48-50,52,54-56,58,60-62,64,66-81H2,1-5H3/b10-8-,16-14-,22-20-,28-26-,34-32-,38-37-,41-40-,44-43-,47-46-,53-51-,59-57-,65-63-. The van der Waals surface area contributed by atoms with Crippen molar-refractivity contribution in [2.75, 3.05) is 47.5 Å². The van der Waals surface area contributed by atoms with E-state index >= 15 is 0 Å². The van der Waals surface area contributed by atoms with Crippen molar-refractivity contribution in [2.24, 2.45) is 0 Å². The maximum absolute atomic E-state index is 12.9. The second kappa shape index (κ2) is 73.1. The molecule has 0 aromatic heterocycles. The molecule has 0 N–H and O–H groups in total. The highest BCUT2D eigenvalue weighted by Crippen LogP contribution is 2.38. The van der Waals surface area contributed by atoms with Gasteiger partial charge in [0.1, 0.15) is 19.8 Å². The van der Waals surface area contributed by atoms with Gasteiger partial charge in [-0.1, -0.05) is 352 Å². The van der Waals surface area contributed by atoms with Crippen LogP contribution in [0.1, 0.15) is 322 Å². The average Bonchev–Trinajstić information content (AvgIpc) is 1.57. The third kappa shape index (κ3) is 76.9. The van der Waals surface area contributed by atoms with Crippen molar-refractivity contribution in [3.05, 3.63) is 146 Å². The second-order valence-electron chi connectivity index (χ2n) is 26.6. The number of likely N-dealkylation sites (N-methyl/N-ethyl adjacent to an activating group) is 1. The molecule has 0 aliphatic carbocycles. The molecule has 10 heteroatoms. The normalized spacial score (nSPS) is 13.9. The molecule has 2 atom stereocenters. The molecule has 0 aliphatic heterocycles. The summed E-state index contributed by atoms with van der Waals surface area (Å²) in [6, 6.07) is 0. The Morgan fingerprint density at radius 1 is 0.340 bits per heavy atom. The van der Waals surface area contributed by atoms with E-state index in [0.717, 1.165) is 122 Å². The highest BCUT2D eigenvalue weighted by atomic mass is 31.2. The van der Waals surface area contributed by atoms with Crippen molar-refractivity contribution >= 4 is 19.8 Å². The van der Waals surface area contributed by atoms with Crippen molar-refractivity contribution in [3.63, 3.8) is 0 Å². The van der Waals surface area contributed by atoms with Crippen LogP contribution in [0.3, 0.4) is 0 Å². The van der Waals surface area contributed by atoms with Crippen molar-refractivity contribution in [1.29, 1.82) is 0 Å². The summed E-state index contributed by atoms with van der Waals surface area (Å²) in [5.41, 5.74) is 0. The van der Waals surface area contributed by atoms with Crippen LogP contribution in [0.4, 0.5) is 0 Å². The molecular formula is C84H144NO8P. The first-order valence-corrected chi connectivity index (χ1v) is 40.0. The molecule has 9 nitrogen and oxygen atoms in total. The summed E-state index contributed by atoms with van der Waals surface area (Å²) in [6.45, 7) is 4.12. The molecule has 2 unspecified atom stereocenters. The van der Waals surface area contributed by atoms with Crippen LogP contribution in [0.15, 0.2) is 146 Å². The Labute approximate surface area is 580 Å². The van der Waals surface area contributed by atoms with E-state index in [1.807, 2.05) is 21.1 Å². The monoisotopic (exact) mass is 1330 g/mol. The number of carbonyl (C=O) groups is 2. The van der Waals surface area contributed by atoms with E-state index in [-0.39, 0.29) is 32.0 Å². The summed E-state index contributed by atoms with van der Waals surface area (Å²) in [5.74, 6) is -0.859. The Balaban J connectivity index is 4.11. The number of phosphoric acid groups is 1. The van der Waals surface area contributed by atoms with E-state index in [4.69, 9.17) is 18.5 Å². The van der Waals surface area contributed by atoms with Gasteiger partial charge in [-0.05, 0) is 103 Å². The van der Waals surface area contributed by atoms with Gasteiger partial charge in [-0.3, -0.25) is 14.2 Å². The van der Waals surface area contributed by atoms with E-state index < -0.39 is 26.5 Å². The summed E-state index contributed by atoms with van der Waals surface area (Å²) >= 11 is 0. The minimum Gasteiger partial charge on any atom is -0.756 e. The summed E-state index contributed by atoms with van der Waals surface area (Å²) in [5, 5.41) is 0. The fourth-order valence-electron chi connectivity index (χ4n) is 10.5. The van der Waals surface area contributed by atoms with Gasteiger partial charge in [0.25, 0.3) is 7.82 Å². The van der Waals surface area contributed by atoms with Crippen molar-refractivity contribution in [2.45, 2.75) is 328 Å². The van der Waals surface area contributed by atoms with E-state index in [9.17, 15) is 19.0 Å². The first-order chi connectivity index (χ1) is 46.0. The first kappa shape index (κ1) is 89.9. The van der Waals surface area contributed by atoms with Crippen LogP contribution in [0, 0.1) is 0 Å². The highest BCUT2D eigenvalue weighted by Gasteiger charge is 2.22. The van der Waals surface area contributed by atoms with Crippen LogP contribution >= 0.6 is 7.82 Å². The van der Waals surface area contributed by atoms with E-state index in [0.29, 0.717) is 17.4 Å². The molecule has 94 heavy (non-hydrogen) atoms. The lowest BCUT2D eigenvalue weighted by atomic mass is 10.0. The maximum Gasteiger partial charge on any atom is 0.306 e. The maximum atomic E-state index is 12.9. The van der Waals surface area contributed by atoms with Gasteiger partial charge in [-0.2, -0.15) is 0 Å². The smallest absolute Gasteiger partial charge is 0.306 e. The van der Waals surface area contributed by atoms with Gasteiger partial charge >= 0.3 is 11.9 Å². The minimum absolute atomic E-state index is 0.0417. The topological polar surface area (TPSA) is 111 Å². The molecule has 0 spiro atoms. The Kier molecular flexibility index (Phi) is 69.9. The molecule has 538 valence electrons. The Hall–Kier alpha value is -4.11. The fourth-order valence-corrected chi connectivity index (χ4v) is 11.3. The summed E-state index contributed by atoms with van der Waals surface area (Å²) in [7, 11) is 1.14. The number of hydrogen-bond donors (Lipinski definition) is 0. The minimum atomic E-state index is -4.66. The number of esters is 2. The molecule has 0 aromatic carbocycles. The molecule has 0 saturated heterocycles. The number of quaternary nitrogens is 1. The van der Waals surface area contributed by atoms with Gasteiger partial charge in [0.2, 0.25) is 0 Å². The van der Waals surface area contributed by atoms with Gasteiger partial charge in [0.15, 0.2) is 6.10 Å². The molecule has 0 radical (unpaired) electrons. The summed E-state index contributed by atoms with van der Waals surface area (Å²) in [4.78, 5) is 38.1. The molecular weight excluding hydrogens is 1180 g/mol. The quantitative estimate of drug-likeness (QED) is 0.0195. The molecule has 0 heterocycles. The van der Waals surface area contributed by atoms with Crippen LogP contribution in [-0.2, 0) is 32.7 Å². The average molecular weight is 1330 g/mol. The van der Waals surface area contributed by atoms with Crippen LogP contribution in [-0.4, -0.2) is 70.0 Å². The number of phosphoric ester groups is 1. The zero-order chi connectivity index (χ0) is 68.3. The van der Waals surface area contributed by atoms with Gasteiger partial charge in [0.05, 0.1) is 27.7 Å². The number of hydrogen-bond acceptors (Lipinski definition) is 8. The largest absolute Gasteiger partial charge is 0.756 e. The Morgan fingerprint density at radius 2 is 0.606 bits per heavy atom. The van der Waals surface area contributed by atoms with E-state index in [1.165, 1.54) is 167 Å². The lowest BCUT2D eigenvalue weighted by Gasteiger charge is -2.28. The Bertz CT molecular complexity index is 2100. The number of carbonyl (C=O) groups excluding carboxylic acids is 2. The van der Waals surface area contributed by atoms with Crippen molar-refractivity contribution in [1.82, 2.24) is 0 Å². The van der Waals surface area contributed by atoms with Crippen LogP contribution in [0.25, 0.3) is 0 Å². The number of unbranched alkanes of at least 4 members (excludes halogenated alkanes) is 32. The van der Waals surface area contributed by atoms with Crippen molar-refractivity contribution < 1.29 is 42.1 Å². The van der Waals surface area contributed by atoms with Gasteiger partial charge < -0.3 is 27.9 Å². The fraction of sp³-hybridized carbons (Fsp3) is 0.690. The predicted molar refractivity (Wildman–Crippen MR) is 406 cm³/mol. The second-order valence-corrected chi connectivity index (χ2v) is 28.1. The molecule has 0 bridgehead atoms.